The maximum Gasteiger partial charge on any atom is 0.352 e. The van der Waals surface area contributed by atoms with Gasteiger partial charge in [0, 0.05) is 26.2 Å². The molecular weight excluding hydrogens is 188 g/mol. The Bertz CT molecular complexity index is 269. The molecule has 14 heavy (non-hydrogen) atoms. The van der Waals surface area contributed by atoms with E-state index in [1.165, 1.54) is 0 Å². The number of rotatable bonds is 3. The number of hydrogen-bond acceptors (Lipinski definition) is 4. The lowest BCUT2D eigenvalue weighted by atomic mass is 10.3. The van der Waals surface area contributed by atoms with Crippen LogP contribution in [0.25, 0.3) is 0 Å². The Hall–Kier alpha value is -1.56. The van der Waals surface area contributed by atoms with Crippen molar-refractivity contribution in [2.75, 3.05) is 26.2 Å². The minimum Gasteiger partial charge on any atom is -0.478 e. The highest BCUT2D eigenvalue weighted by Gasteiger charge is 2.19. The van der Waals surface area contributed by atoms with Crippen LogP contribution in [0.4, 0.5) is 0 Å². The minimum absolute atomic E-state index is 0.154. The number of carboxylic acids is 2. The fraction of sp³-hybridized carbons (Fsp3) is 0.500. The average molecular weight is 200 g/mol. The van der Waals surface area contributed by atoms with E-state index in [2.05, 4.69) is 5.32 Å². The number of piperazine rings is 1. The molecule has 0 radical (unpaired) electrons. The third-order valence-corrected chi connectivity index (χ3v) is 1.94. The summed E-state index contributed by atoms with van der Waals surface area (Å²) < 4.78 is 0. The highest BCUT2D eigenvalue weighted by Crippen LogP contribution is 2.05. The third kappa shape index (κ3) is 2.74. The summed E-state index contributed by atoms with van der Waals surface area (Å²) >= 11 is 0. The van der Waals surface area contributed by atoms with Gasteiger partial charge in [0.25, 0.3) is 0 Å². The van der Waals surface area contributed by atoms with E-state index < -0.39 is 11.9 Å². The largest absolute Gasteiger partial charge is 0.478 e. The van der Waals surface area contributed by atoms with Crippen LogP contribution < -0.4 is 5.32 Å². The van der Waals surface area contributed by atoms with Gasteiger partial charge in [-0.2, -0.15) is 0 Å². The smallest absolute Gasteiger partial charge is 0.352 e. The van der Waals surface area contributed by atoms with Gasteiger partial charge < -0.3 is 20.4 Å². The standard InChI is InChI=1S/C8H12N2O4/c11-7(12)5-6(8(13)14)10-3-1-9-2-4-10/h5,9H,1-4H2,(H,11,12)(H,13,14)/b6-5-. The second kappa shape index (κ2) is 4.61. The Morgan fingerprint density at radius 3 is 2.21 bits per heavy atom. The van der Waals surface area contributed by atoms with Gasteiger partial charge in [0.05, 0.1) is 6.08 Å². The molecule has 0 amide bonds. The van der Waals surface area contributed by atoms with Gasteiger partial charge in [-0.15, -0.1) is 0 Å². The van der Waals surface area contributed by atoms with Gasteiger partial charge in [-0.1, -0.05) is 0 Å². The quantitative estimate of drug-likeness (QED) is 0.503. The van der Waals surface area contributed by atoms with Crippen molar-refractivity contribution in [3.63, 3.8) is 0 Å². The molecule has 78 valence electrons. The van der Waals surface area contributed by atoms with Crippen LogP contribution >= 0.6 is 0 Å². The maximum atomic E-state index is 10.7. The van der Waals surface area contributed by atoms with Gasteiger partial charge >= 0.3 is 11.9 Å². The molecule has 1 rings (SSSR count). The van der Waals surface area contributed by atoms with Crippen LogP contribution in [0, 0.1) is 0 Å². The predicted octanol–water partition coefficient (Wildman–Crippen LogP) is -1.06. The summed E-state index contributed by atoms with van der Waals surface area (Å²) in [5.74, 6) is -2.43. The van der Waals surface area contributed by atoms with Gasteiger partial charge in [-0.05, 0) is 0 Å². The van der Waals surface area contributed by atoms with Crippen molar-refractivity contribution in [3.8, 4) is 0 Å². The van der Waals surface area contributed by atoms with Crippen LogP contribution in [-0.2, 0) is 9.59 Å². The van der Waals surface area contributed by atoms with Crippen molar-refractivity contribution >= 4 is 11.9 Å². The van der Waals surface area contributed by atoms with E-state index in [4.69, 9.17) is 10.2 Å². The molecule has 1 heterocycles. The molecule has 0 bridgehead atoms. The zero-order valence-electron chi connectivity index (χ0n) is 7.56. The van der Waals surface area contributed by atoms with Gasteiger partial charge in [-0.3, -0.25) is 0 Å². The summed E-state index contributed by atoms with van der Waals surface area (Å²) in [5, 5.41) is 20.3. The Labute approximate surface area is 80.8 Å². The van der Waals surface area contributed by atoms with Crippen LogP contribution in [0.1, 0.15) is 0 Å². The van der Waals surface area contributed by atoms with E-state index in [1.807, 2.05) is 0 Å². The number of nitrogens with one attached hydrogen (secondary N) is 1. The fourth-order valence-corrected chi connectivity index (χ4v) is 1.31. The van der Waals surface area contributed by atoms with E-state index in [0.29, 0.717) is 26.2 Å². The van der Waals surface area contributed by atoms with Gasteiger partial charge in [-0.25, -0.2) is 9.59 Å². The van der Waals surface area contributed by atoms with E-state index in [9.17, 15) is 9.59 Å². The first kappa shape index (κ1) is 10.5. The van der Waals surface area contributed by atoms with Crippen LogP contribution in [0.3, 0.4) is 0 Å². The number of carbonyl (C=O) groups is 2. The molecular formula is C8H12N2O4. The van der Waals surface area contributed by atoms with Crippen molar-refractivity contribution in [3.05, 3.63) is 11.8 Å². The lowest BCUT2D eigenvalue weighted by molar-refractivity contribution is -0.136. The molecule has 1 aliphatic heterocycles. The van der Waals surface area contributed by atoms with Crippen molar-refractivity contribution < 1.29 is 19.8 Å². The molecule has 3 N–H and O–H groups in total. The first-order chi connectivity index (χ1) is 6.61. The van der Waals surface area contributed by atoms with E-state index >= 15 is 0 Å². The number of aliphatic carboxylic acids is 2. The second-order valence-corrected chi connectivity index (χ2v) is 2.91. The fourth-order valence-electron chi connectivity index (χ4n) is 1.31. The Morgan fingerprint density at radius 1 is 1.21 bits per heavy atom. The zero-order valence-corrected chi connectivity index (χ0v) is 7.56. The first-order valence-electron chi connectivity index (χ1n) is 4.25. The van der Waals surface area contributed by atoms with E-state index in [-0.39, 0.29) is 5.70 Å². The Kier molecular flexibility index (Phi) is 3.47. The van der Waals surface area contributed by atoms with Crippen molar-refractivity contribution in [1.82, 2.24) is 10.2 Å². The zero-order chi connectivity index (χ0) is 10.6. The lowest BCUT2D eigenvalue weighted by Crippen LogP contribution is -2.44. The van der Waals surface area contributed by atoms with Crippen LogP contribution in [0.5, 0.6) is 0 Å². The first-order valence-corrected chi connectivity index (χ1v) is 4.25. The lowest BCUT2D eigenvalue weighted by Gasteiger charge is -2.29. The predicted molar refractivity (Wildman–Crippen MR) is 47.8 cm³/mol. The van der Waals surface area contributed by atoms with E-state index in [0.717, 1.165) is 6.08 Å². The normalized spacial score (nSPS) is 18.0. The number of carboxylic acid groups (broad SMARTS) is 2. The Morgan fingerprint density at radius 2 is 1.79 bits per heavy atom. The highest BCUT2D eigenvalue weighted by molar-refractivity contribution is 5.94. The maximum absolute atomic E-state index is 10.7. The minimum atomic E-state index is -1.24. The number of hydrogen-bond donors (Lipinski definition) is 3. The van der Waals surface area contributed by atoms with Gasteiger partial charge in [0.15, 0.2) is 0 Å². The molecule has 0 aromatic heterocycles. The molecule has 0 atom stereocenters. The average Bonchev–Trinajstić information content (AvgIpc) is 2.15. The molecule has 1 aliphatic rings. The summed E-state index contributed by atoms with van der Waals surface area (Å²) in [6.07, 6.45) is 0.730. The summed E-state index contributed by atoms with van der Waals surface area (Å²) in [7, 11) is 0. The van der Waals surface area contributed by atoms with Crippen LogP contribution in [0.15, 0.2) is 11.8 Å². The molecule has 6 nitrogen and oxygen atoms in total. The Balaban J connectivity index is 2.76. The van der Waals surface area contributed by atoms with Crippen molar-refractivity contribution in [2.45, 2.75) is 0 Å². The summed E-state index contributed by atoms with van der Waals surface area (Å²) in [6, 6.07) is 0. The van der Waals surface area contributed by atoms with Gasteiger partial charge in [0.2, 0.25) is 0 Å². The SMILES string of the molecule is O=C(O)/C=C(/C(=O)O)N1CCNCC1. The highest BCUT2D eigenvalue weighted by atomic mass is 16.4. The summed E-state index contributed by atoms with van der Waals surface area (Å²) in [5.41, 5.74) is -0.154. The van der Waals surface area contributed by atoms with E-state index in [1.54, 1.807) is 4.90 Å². The van der Waals surface area contributed by atoms with Crippen LogP contribution in [-0.4, -0.2) is 53.2 Å². The summed E-state index contributed by atoms with van der Waals surface area (Å²) in [6.45, 7) is 2.38. The third-order valence-electron chi connectivity index (χ3n) is 1.94. The molecule has 0 spiro atoms. The molecule has 6 heteroatoms. The molecule has 0 aromatic rings. The second-order valence-electron chi connectivity index (χ2n) is 2.91. The molecule has 1 fully saturated rings. The topological polar surface area (TPSA) is 89.9 Å². The van der Waals surface area contributed by atoms with Gasteiger partial charge in [0.1, 0.15) is 5.70 Å². The molecule has 0 saturated carbocycles. The molecule has 0 aliphatic carbocycles. The molecule has 0 unspecified atom stereocenters. The number of nitrogens with zero attached hydrogens (tertiary/aromatic N) is 1. The van der Waals surface area contributed by atoms with Crippen molar-refractivity contribution in [2.24, 2.45) is 0 Å². The monoisotopic (exact) mass is 200 g/mol. The van der Waals surface area contributed by atoms with Crippen LogP contribution in [0.2, 0.25) is 0 Å². The molecule has 0 aromatic carbocycles. The van der Waals surface area contributed by atoms with Crippen molar-refractivity contribution in [1.29, 1.82) is 0 Å². The molecule has 1 saturated heterocycles. The summed E-state index contributed by atoms with van der Waals surface area (Å²) in [4.78, 5) is 22.7.